The summed E-state index contributed by atoms with van der Waals surface area (Å²) >= 11 is 5.92. The zero-order chi connectivity index (χ0) is 13.0. The van der Waals surface area contributed by atoms with Crippen LogP contribution in [0.15, 0.2) is 42.5 Å². The zero-order valence-corrected chi connectivity index (χ0v) is 11.5. The number of hydrogen-bond donors (Lipinski definition) is 0. The van der Waals surface area contributed by atoms with E-state index in [2.05, 4.69) is 38.1 Å². The molecule has 0 spiro atoms. The van der Waals surface area contributed by atoms with Gasteiger partial charge in [-0.05, 0) is 36.1 Å². The van der Waals surface area contributed by atoms with Crippen LogP contribution in [0.2, 0.25) is 0 Å². The highest BCUT2D eigenvalue weighted by Gasteiger charge is 2.08. The maximum Gasteiger partial charge on any atom is 0.125 e. The Labute approximate surface area is 113 Å². The van der Waals surface area contributed by atoms with Crippen molar-refractivity contribution in [2.24, 2.45) is 0 Å². The molecule has 0 unspecified atom stereocenters. The topological polar surface area (TPSA) is 9.23 Å². The molecule has 0 fully saturated rings. The fraction of sp³-hybridized carbons (Fsp3) is 0.250. The molecule has 0 atom stereocenters. The standard InChI is InChI=1S/C16H17ClO/c1-12-8-9-15(10-17)13(2)16(12)18-11-14-6-4-3-5-7-14/h3-9H,10-11H2,1-2H3. The highest BCUT2D eigenvalue weighted by molar-refractivity contribution is 6.17. The first-order valence-electron chi connectivity index (χ1n) is 6.04. The molecular weight excluding hydrogens is 244 g/mol. The van der Waals surface area contributed by atoms with Crippen LogP contribution < -0.4 is 4.74 Å². The predicted molar refractivity (Wildman–Crippen MR) is 76.2 cm³/mol. The summed E-state index contributed by atoms with van der Waals surface area (Å²) in [4.78, 5) is 0. The van der Waals surface area contributed by atoms with E-state index in [0.717, 1.165) is 22.4 Å². The lowest BCUT2D eigenvalue weighted by molar-refractivity contribution is 0.301. The van der Waals surface area contributed by atoms with Crippen LogP contribution in [0.3, 0.4) is 0 Å². The summed E-state index contributed by atoms with van der Waals surface area (Å²) < 4.78 is 5.94. The van der Waals surface area contributed by atoms with Gasteiger partial charge in [-0.1, -0.05) is 42.5 Å². The SMILES string of the molecule is Cc1ccc(CCl)c(C)c1OCc1ccccc1. The molecule has 0 aromatic heterocycles. The van der Waals surface area contributed by atoms with Gasteiger partial charge in [0.1, 0.15) is 12.4 Å². The molecule has 18 heavy (non-hydrogen) atoms. The lowest BCUT2D eigenvalue weighted by Gasteiger charge is -2.14. The Balaban J connectivity index is 2.19. The van der Waals surface area contributed by atoms with E-state index in [9.17, 15) is 0 Å². The van der Waals surface area contributed by atoms with E-state index in [0.29, 0.717) is 12.5 Å². The first-order valence-corrected chi connectivity index (χ1v) is 6.57. The van der Waals surface area contributed by atoms with Crippen LogP contribution in [-0.4, -0.2) is 0 Å². The summed E-state index contributed by atoms with van der Waals surface area (Å²) in [5, 5.41) is 0. The van der Waals surface area contributed by atoms with Crippen LogP contribution in [0.4, 0.5) is 0 Å². The van der Waals surface area contributed by atoms with Crippen LogP contribution in [0.1, 0.15) is 22.3 Å². The van der Waals surface area contributed by atoms with Crippen LogP contribution >= 0.6 is 11.6 Å². The van der Waals surface area contributed by atoms with E-state index >= 15 is 0 Å². The molecule has 2 heteroatoms. The van der Waals surface area contributed by atoms with E-state index in [1.54, 1.807) is 0 Å². The Morgan fingerprint density at radius 3 is 2.39 bits per heavy atom. The van der Waals surface area contributed by atoms with Gasteiger partial charge in [0.25, 0.3) is 0 Å². The smallest absolute Gasteiger partial charge is 0.125 e. The Hall–Kier alpha value is -1.47. The number of ether oxygens (including phenoxy) is 1. The summed E-state index contributed by atoms with van der Waals surface area (Å²) in [6.07, 6.45) is 0. The van der Waals surface area contributed by atoms with Crippen molar-refractivity contribution >= 4 is 11.6 Å². The van der Waals surface area contributed by atoms with Gasteiger partial charge in [-0.15, -0.1) is 11.6 Å². The monoisotopic (exact) mass is 260 g/mol. The number of halogens is 1. The lowest BCUT2D eigenvalue weighted by atomic mass is 10.1. The molecule has 0 N–H and O–H groups in total. The molecule has 0 radical (unpaired) electrons. The van der Waals surface area contributed by atoms with Gasteiger partial charge in [0, 0.05) is 5.88 Å². The summed E-state index contributed by atoms with van der Waals surface area (Å²) in [5.74, 6) is 1.48. The summed E-state index contributed by atoms with van der Waals surface area (Å²) in [6.45, 7) is 4.71. The maximum absolute atomic E-state index is 5.94. The van der Waals surface area contributed by atoms with Gasteiger partial charge < -0.3 is 4.74 Å². The third-order valence-corrected chi connectivity index (χ3v) is 3.37. The molecule has 0 bridgehead atoms. The molecule has 0 heterocycles. The molecule has 0 aliphatic rings. The number of hydrogen-bond acceptors (Lipinski definition) is 1. The fourth-order valence-electron chi connectivity index (χ4n) is 1.96. The predicted octanol–water partition coefficient (Wildman–Crippen LogP) is 4.62. The number of rotatable bonds is 4. The number of benzene rings is 2. The van der Waals surface area contributed by atoms with Crippen molar-refractivity contribution in [1.29, 1.82) is 0 Å². The van der Waals surface area contributed by atoms with E-state index < -0.39 is 0 Å². The summed E-state index contributed by atoms with van der Waals surface area (Å²) in [5.41, 5.74) is 4.59. The number of alkyl halides is 1. The fourth-order valence-corrected chi connectivity index (χ4v) is 2.25. The van der Waals surface area contributed by atoms with Crippen molar-refractivity contribution in [3.8, 4) is 5.75 Å². The average molecular weight is 261 g/mol. The van der Waals surface area contributed by atoms with Crippen molar-refractivity contribution in [1.82, 2.24) is 0 Å². The second kappa shape index (κ2) is 5.92. The maximum atomic E-state index is 5.94. The molecule has 2 aromatic carbocycles. The van der Waals surface area contributed by atoms with Gasteiger partial charge in [-0.25, -0.2) is 0 Å². The molecular formula is C16H17ClO. The summed E-state index contributed by atoms with van der Waals surface area (Å²) in [6, 6.07) is 14.3. The normalized spacial score (nSPS) is 10.4. The zero-order valence-electron chi connectivity index (χ0n) is 10.7. The molecule has 0 aliphatic carbocycles. The third-order valence-electron chi connectivity index (χ3n) is 3.08. The Kier molecular flexibility index (Phi) is 4.27. The van der Waals surface area contributed by atoms with Gasteiger partial charge in [-0.2, -0.15) is 0 Å². The molecule has 2 rings (SSSR count). The minimum Gasteiger partial charge on any atom is -0.488 e. The van der Waals surface area contributed by atoms with Crippen LogP contribution in [0.25, 0.3) is 0 Å². The highest BCUT2D eigenvalue weighted by atomic mass is 35.5. The number of aryl methyl sites for hydroxylation is 1. The van der Waals surface area contributed by atoms with Gasteiger partial charge in [0.2, 0.25) is 0 Å². The van der Waals surface area contributed by atoms with Gasteiger partial charge >= 0.3 is 0 Å². The molecule has 0 amide bonds. The Morgan fingerprint density at radius 2 is 1.72 bits per heavy atom. The van der Waals surface area contributed by atoms with Crippen molar-refractivity contribution < 1.29 is 4.74 Å². The van der Waals surface area contributed by atoms with E-state index in [1.165, 1.54) is 5.56 Å². The van der Waals surface area contributed by atoms with Crippen molar-refractivity contribution in [3.05, 3.63) is 64.7 Å². The van der Waals surface area contributed by atoms with E-state index in [1.807, 2.05) is 18.2 Å². The van der Waals surface area contributed by atoms with Crippen molar-refractivity contribution in [2.45, 2.75) is 26.3 Å². The Bertz CT molecular complexity index is 520. The molecule has 94 valence electrons. The van der Waals surface area contributed by atoms with E-state index in [4.69, 9.17) is 16.3 Å². The minimum atomic E-state index is 0.522. The van der Waals surface area contributed by atoms with Gasteiger partial charge in [0.05, 0.1) is 0 Å². The lowest BCUT2D eigenvalue weighted by Crippen LogP contribution is -2.00. The van der Waals surface area contributed by atoms with Crippen LogP contribution in [0.5, 0.6) is 5.75 Å². The first-order chi connectivity index (χ1) is 8.72. The second-order valence-electron chi connectivity index (χ2n) is 4.40. The quantitative estimate of drug-likeness (QED) is 0.729. The molecule has 0 saturated heterocycles. The first kappa shape index (κ1) is 13.0. The van der Waals surface area contributed by atoms with Crippen molar-refractivity contribution in [3.63, 3.8) is 0 Å². The van der Waals surface area contributed by atoms with E-state index in [-0.39, 0.29) is 0 Å². The molecule has 1 nitrogen and oxygen atoms in total. The average Bonchev–Trinajstić information content (AvgIpc) is 2.40. The second-order valence-corrected chi connectivity index (χ2v) is 4.67. The largest absolute Gasteiger partial charge is 0.488 e. The third kappa shape index (κ3) is 2.85. The molecule has 0 aliphatic heterocycles. The van der Waals surface area contributed by atoms with Crippen LogP contribution in [0, 0.1) is 13.8 Å². The van der Waals surface area contributed by atoms with Crippen molar-refractivity contribution in [2.75, 3.05) is 0 Å². The van der Waals surface area contributed by atoms with Gasteiger partial charge in [0.15, 0.2) is 0 Å². The molecule has 0 saturated carbocycles. The minimum absolute atomic E-state index is 0.522. The Morgan fingerprint density at radius 1 is 1.00 bits per heavy atom. The van der Waals surface area contributed by atoms with Gasteiger partial charge in [-0.3, -0.25) is 0 Å². The van der Waals surface area contributed by atoms with Crippen LogP contribution in [-0.2, 0) is 12.5 Å². The summed E-state index contributed by atoms with van der Waals surface area (Å²) in [7, 11) is 0. The molecule has 2 aromatic rings. The highest BCUT2D eigenvalue weighted by Crippen LogP contribution is 2.27.